The zero-order valence-corrected chi connectivity index (χ0v) is 83.0. The summed E-state index contributed by atoms with van der Waals surface area (Å²) in [6.07, 6.45) is 0. The van der Waals surface area contributed by atoms with E-state index in [0.717, 1.165) is 45.5 Å². The minimum atomic E-state index is -0.586. The number of nitrogens with zero attached hydrogens (tertiary/aromatic N) is 4. The fourth-order valence-corrected chi connectivity index (χ4v) is 27.7. The maximum atomic E-state index is 2.55. The van der Waals surface area contributed by atoms with E-state index in [-0.39, 0.29) is 21.7 Å². The first kappa shape index (κ1) is 85.3. The van der Waals surface area contributed by atoms with Gasteiger partial charge in [-0.25, -0.2) is 0 Å². The number of benzene rings is 22. The van der Waals surface area contributed by atoms with E-state index in [1.807, 2.05) is 0 Å². The molecule has 8 aliphatic rings. The van der Waals surface area contributed by atoms with E-state index < -0.39 is 10.8 Å². The van der Waals surface area contributed by atoms with Crippen LogP contribution in [0.25, 0.3) is 111 Å². The van der Waals surface area contributed by atoms with Crippen molar-refractivity contribution < 1.29 is 0 Å². The predicted molar refractivity (Wildman–Crippen MR) is 609 cm³/mol. The molecule has 0 saturated heterocycles. The van der Waals surface area contributed by atoms with Crippen LogP contribution in [-0.4, -0.2) is 0 Å². The zero-order chi connectivity index (χ0) is 97.6. The summed E-state index contributed by atoms with van der Waals surface area (Å²) in [5.41, 5.74) is 53.9. The minimum absolute atomic E-state index is 0.165. The van der Waals surface area contributed by atoms with Gasteiger partial charge >= 0.3 is 0 Å². The van der Waals surface area contributed by atoms with Crippen molar-refractivity contribution in [2.45, 2.75) is 87.9 Å². The highest BCUT2D eigenvalue weighted by Gasteiger charge is 2.55. The van der Waals surface area contributed by atoms with Crippen molar-refractivity contribution in [2.24, 2.45) is 0 Å². The maximum Gasteiger partial charge on any atom is 0.0755 e. The molecule has 692 valence electrons. The summed E-state index contributed by atoms with van der Waals surface area (Å²) < 4.78 is 0. The van der Waals surface area contributed by atoms with E-state index in [9.17, 15) is 0 Å². The third-order valence-electron chi connectivity index (χ3n) is 34.5. The summed E-state index contributed by atoms with van der Waals surface area (Å²) in [7, 11) is 0. The van der Waals surface area contributed by atoms with Crippen LogP contribution in [0.3, 0.4) is 0 Å². The highest BCUT2D eigenvalue weighted by Crippen LogP contribution is 2.68. The predicted octanol–water partition coefficient (Wildman–Crippen LogP) is 37.5. The quantitative estimate of drug-likeness (QED) is 0.135. The second kappa shape index (κ2) is 31.5. The summed E-state index contributed by atoms with van der Waals surface area (Å²) in [5.74, 6) is 0. The fourth-order valence-electron chi connectivity index (χ4n) is 27.7. The molecule has 0 atom stereocenters. The molecule has 0 unspecified atom stereocenters. The molecule has 0 bridgehead atoms. The van der Waals surface area contributed by atoms with E-state index in [2.05, 4.69) is 560 Å². The summed E-state index contributed by atoms with van der Waals surface area (Å²) in [4.78, 5) is 10.0. The lowest BCUT2D eigenvalue weighted by Crippen LogP contribution is -2.36. The molecule has 0 amide bonds. The number of fused-ring (bicyclic) bond motifs is 32. The Morgan fingerprint density at radius 3 is 0.795 bits per heavy atom. The first-order chi connectivity index (χ1) is 71.4. The van der Waals surface area contributed by atoms with Crippen LogP contribution < -0.4 is 19.6 Å². The Bertz CT molecular complexity index is 9200. The molecule has 30 rings (SSSR count). The third kappa shape index (κ3) is 12.0. The lowest BCUT2D eigenvalue weighted by Gasteiger charge is -2.45. The van der Waals surface area contributed by atoms with Crippen molar-refractivity contribution in [3.8, 4) is 89.0 Å². The molecule has 22 aromatic rings. The minimum Gasteiger partial charge on any atom is -0.310 e. The number of para-hydroxylation sites is 6. The second-order valence-corrected chi connectivity index (χ2v) is 43.3. The van der Waals surface area contributed by atoms with Crippen LogP contribution in [0.2, 0.25) is 0 Å². The Kier molecular flexibility index (Phi) is 18.4. The van der Waals surface area contributed by atoms with Gasteiger partial charge in [0.15, 0.2) is 0 Å². The molecule has 4 nitrogen and oxygen atoms in total. The van der Waals surface area contributed by atoms with Gasteiger partial charge in [-0.15, -0.1) is 0 Å². The molecule has 0 saturated carbocycles. The van der Waals surface area contributed by atoms with Gasteiger partial charge in [-0.3, -0.25) is 0 Å². The van der Waals surface area contributed by atoms with E-state index in [0.29, 0.717) is 0 Å². The van der Waals surface area contributed by atoms with Gasteiger partial charge in [-0.2, -0.15) is 0 Å². The van der Waals surface area contributed by atoms with Crippen molar-refractivity contribution in [3.63, 3.8) is 0 Å². The molecule has 0 aromatic heterocycles. The van der Waals surface area contributed by atoms with Gasteiger partial charge in [0.2, 0.25) is 0 Å². The molecular weight excluding hydrogens is 1760 g/mol. The van der Waals surface area contributed by atoms with Crippen LogP contribution >= 0.6 is 0 Å². The third-order valence-corrected chi connectivity index (χ3v) is 34.5. The van der Waals surface area contributed by atoms with Crippen LogP contribution in [0.5, 0.6) is 0 Å². The van der Waals surface area contributed by atoms with Crippen LogP contribution in [0.4, 0.5) is 68.2 Å². The van der Waals surface area contributed by atoms with Crippen molar-refractivity contribution in [1.29, 1.82) is 0 Å². The largest absolute Gasteiger partial charge is 0.310 e. The van der Waals surface area contributed by atoms with Crippen LogP contribution in [-0.2, 0) is 32.5 Å². The Labute approximate surface area is 854 Å². The van der Waals surface area contributed by atoms with Crippen LogP contribution in [0.1, 0.15) is 144 Å². The number of rotatable bonds is 10. The van der Waals surface area contributed by atoms with E-state index in [1.165, 1.54) is 222 Å². The average molecular weight is 1870 g/mol. The van der Waals surface area contributed by atoms with E-state index in [4.69, 9.17) is 0 Å². The molecule has 0 radical (unpaired) electrons. The Balaban J connectivity index is 0.000000138. The van der Waals surface area contributed by atoms with Crippen molar-refractivity contribution in [3.05, 3.63) is 574 Å². The van der Waals surface area contributed by atoms with Crippen molar-refractivity contribution in [2.75, 3.05) is 19.6 Å². The standard InChI is InChI=1S/2C71H52N2/c1-69(2)59-27-12-10-24-53(59)56-38-34-48(42-64(56)69)72(49-35-39-57-55-37-33-46(41-63(55)70(3,4)65(57)43-49)52-26-18-20-45-19-8-9-23-51(45)52)50-36-40-58-54-25-11-13-28-60(54)71(66(58)44-50)61-29-14-16-31-67(61)73(47-21-6-5-7-22-47)68-32-17-15-30-62(68)71;1-69(2)59-24-12-10-22-53(59)56-37-33-50(42-64(56)69)72(51-34-38-57-55-36-32-48(41-63(55)70(3,4)65(57)43-51)47-31-30-45-18-8-9-19-46(45)40-47)52-35-39-58-54-23-11-13-25-60(54)71(66(58)44-52)61-26-14-16-28-67(61)73(49-20-6-5-7-21-49)68-29-17-15-27-62(68)71/h2*5-44H,1-4H3. The molecule has 6 aliphatic carbocycles. The maximum absolute atomic E-state index is 2.55. The topological polar surface area (TPSA) is 13.0 Å². The highest BCUT2D eigenvalue weighted by molar-refractivity contribution is 6.04. The van der Waals surface area contributed by atoms with Gasteiger partial charge < -0.3 is 19.6 Å². The van der Waals surface area contributed by atoms with Gasteiger partial charge in [0.05, 0.1) is 33.6 Å². The molecule has 146 heavy (non-hydrogen) atoms. The second-order valence-electron chi connectivity index (χ2n) is 43.3. The summed E-state index contributed by atoms with van der Waals surface area (Å²) in [6.45, 7) is 19.2. The summed E-state index contributed by atoms with van der Waals surface area (Å²) >= 11 is 0. The first-order valence-electron chi connectivity index (χ1n) is 51.7. The molecule has 22 aromatic carbocycles. The van der Waals surface area contributed by atoms with E-state index >= 15 is 0 Å². The Morgan fingerprint density at radius 1 is 0.151 bits per heavy atom. The first-order valence-corrected chi connectivity index (χ1v) is 51.7. The van der Waals surface area contributed by atoms with Crippen LogP contribution in [0, 0.1) is 0 Å². The Hall–Kier alpha value is -17.4. The molecule has 4 heteroatoms. The molecule has 2 heterocycles. The van der Waals surface area contributed by atoms with Gasteiger partial charge in [0.25, 0.3) is 0 Å². The lowest BCUT2D eigenvalue weighted by atomic mass is 9.64. The van der Waals surface area contributed by atoms with Gasteiger partial charge in [0, 0.05) is 67.2 Å². The molecule has 2 spiro atoms. The number of hydrogen-bond acceptors (Lipinski definition) is 4. The summed E-state index contributed by atoms with van der Waals surface area (Å²) in [5, 5.41) is 5.07. The molecule has 0 fully saturated rings. The average Bonchev–Trinajstić information content (AvgIpc) is 1.49. The molecule has 2 aliphatic heterocycles. The lowest BCUT2D eigenvalue weighted by molar-refractivity contribution is 0.660. The Morgan fingerprint density at radius 2 is 0.397 bits per heavy atom. The molecular formula is C142H104N4. The smallest absolute Gasteiger partial charge is 0.0755 e. The van der Waals surface area contributed by atoms with Gasteiger partial charge in [-0.1, -0.05) is 401 Å². The monoisotopic (exact) mass is 1860 g/mol. The normalized spacial score (nSPS) is 15.2. The van der Waals surface area contributed by atoms with Crippen LogP contribution in [0.15, 0.2) is 485 Å². The number of hydrogen-bond donors (Lipinski definition) is 0. The summed E-state index contributed by atoms with van der Waals surface area (Å²) in [6, 6.07) is 183. The van der Waals surface area contributed by atoms with Crippen molar-refractivity contribution >= 4 is 89.8 Å². The number of anilines is 12. The van der Waals surface area contributed by atoms with Crippen molar-refractivity contribution in [1.82, 2.24) is 0 Å². The SMILES string of the molecule is CC1(C)c2ccccc2-c2ccc(N(c3ccc4c(c3)C(C)(C)c3cc(-c5ccc6ccccc6c5)ccc3-4)c3ccc4c(c3)C3(c5ccccc5-4)c4ccccc4N(c4ccccc4)c4ccccc43)cc21.CC1(C)c2ccccc2-c2ccc(N(c3ccc4c(c3)C(C)(C)c3cc(-c5cccc6ccccc56)ccc3-4)c3ccc4c(c3)C3(c5ccccc5-4)c4ccccc4N(c4ccccc4)c4ccccc43)cc21. The highest BCUT2D eigenvalue weighted by atomic mass is 15.2. The van der Waals surface area contributed by atoms with Gasteiger partial charge in [-0.05, 0) is 339 Å². The van der Waals surface area contributed by atoms with Gasteiger partial charge in [0.1, 0.15) is 0 Å². The zero-order valence-electron chi connectivity index (χ0n) is 83.0. The van der Waals surface area contributed by atoms with E-state index in [1.54, 1.807) is 0 Å². The molecule has 0 N–H and O–H groups in total. The fraction of sp³-hybridized carbons (Fsp3) is 0.0986.